The number of nitrogens with zero attached hydrogens (tertiary/aromatic N) is 4. The first-order valence-corrected chi connectivity index (χ1v) is 10.6. The lowest BCUT2D eigenvalue weighted by atomic mass is 10.2. The molecule has 2 heterocycles. The molecule has 0 spiro atoms. The molecule has 0 radical (unpaired) electrons. The smallest absolute Gasteiger partial charge is 0.329 e. The van der Waals surface area contributed by atoms with Crippen LogP contribution in [-0.2, 0) is 0 Å². The van der Waals surface area contributed by atoms with E-state index in [0.717, 1.165) is 23.1 Å². The minimum Gasteiger partial charge on any atom is -0.491 e. The van der Waals surface area contributed by atoms with Gasteiger partial charge < -0.3 is 15.4 Å². The summed E-state index contributed by atoms with van der Waals surface area (Å²) in [4.78, 5) is 18.0. The van der Waals surface area contributed by atoms with Crippen molar-refractivity contribution in [2.75, 3.05) is 25.1 Å². The fraction of sp³-hybridized carbons (Fsp3) is 0.208. The van der Waals surface area contributed by atoms with Gasteiger partial charge in [0.1, 0.15) is 5.69 Å². The van der Waals surface area contributed by atoms with Gasteiger partial charge in [0.05, 0.1) is 37.8 Å². The van der Waals surface area contributed by atoms with Gasteiger partial charge in [-0.2, -0.15) is 22.7 Å². The van der Waals surface area contributed by atoms with E-state index < -0.39 is 36.2 Å². The van der Waals surface area contributed by atoms with Gasteiger partial charge in [-0.05, 0) is 42.6 Å². The second-order valence-corrected chi connectivity index (χ2v) is 7.91. The Balaban J connectivity index is 1.78. The molecule has 1 saturated heterocycles. The van der Waals surface area contributed by atoms with Crippen molar-refractivity contribution in [3.05, 3.63) is 88.7 Å². The highest BCUT2D eigenvalue weighted by Crippen LogP contribution is 2.42. The fourth-order valence-electron chi connectivity index (χ4n) is 3.63. The number of allylic oxidation sites excluding steroid dienone is 1. The SMILES string of the molecule is COc1cn(-c2ccc(N3CC(F)(F)C(F)(F)C3)cc2F)nc(C(C=CN)=Nc2ccccc2)c1=O. The molecule has 1 aliphatic heterocycles. The van der Waals surface area contributed by atoms with Gasteiger partial charge in [0.15, 0.2) is 17.3 Å². The third-order valence-electron chi connectivity index (χ3n) is 5.47. The van der Waals surface area contributed by atoms with Crippen LogP contribution in [0.1, 0.15) is 5.69 Å². The van der Waals surface area contributed by atoms with E-state index in [1.165, 1.54) is 25.3 Å². The molecular formula is C24H20F5N5O2. The lowest BCUT2D eigenvalue weighted by Crippen LogP contribution is -2.38. The summed E-state index contributed by atoms with van der Waals surface area (Å²) in [5.41, 5.74) is 4.91. The third kappa shape index (κ3) is 4.66. The molecule has 36 heavy (non-hydrogen) atoms. The number of aliphatic imine (C=N–C) groups is 1. The average Bonchev–Trinajstić information content (AvgIpc) is 3.06. The van der Waals surface area contributed by atoms with Gasteiger partial charge in [0.25, 0.3) is 5.43 Å². The molecular weight excluding hydrogens is 485 g/mol. The number of hydrogen-bond acceptors (Lipinski definition) is 6. The topological polar surface area (TPSA) is 85.7 Å². The maximum absolute atomic E-state index is 15.1. The van der Waals surface area contributed by atoms with Crippen molar-refractivity contribution in [1.82, 2.24) is 9.78 Å². The monoisotopic (exact) mass is 505 g/mol. The number of aromatic nitrogens is 2. The van der Waals surface area contributed by atoms with Crippen LogP contribution in [0.5, 0.6) is 5.75 Å². The first-order chi connectivity index (χ1) is 17.1. The molecule has 0 amide bonds. The normalized spacial score (nSPS) is 17.1. The number of hydrogen-bond donors (Lipinski definition) is 1. The van der Waals surface area contributed by atoms with Gasteiger partial charge in [0, 0.05) is 5.69 Å². The van der Waals surface area contributed by atoms with Crippen LogP contribution in [-0.4, -0.2) is 47.5 Å². The molecule has 0 saturated carbocycles. The number of ether oxygens (including phenoxy) is 1. The summed E-state index contributed by atoms with van der Waals surface area (Å²) in [6, 6.07) is 11.9. The Morgan fingerprint density at radius 2 is 1.78 bits per heavy atom. The maximum atomic E-state index is 15.1. The lowest BCUT2D eigenvalue weighted by molar-refractivity contribution is -0.172. The predicted octanol–water partition coefficient (Wildman–Crippen LogP) is 4.06. The van der Waals surface area contributed by atoms with E-state index in [1.807, 2.05) is 0 Å². The van der Waals surface area contributed by atoms with Crippen LogP contribution in [0.2, 0.25) is 0 Å². The van der Waals surface area contributed by atoms with E-state index in [1.54, 1.807) is 30.3 Å². The molecule has 7 nitrogen and oxygen atoms in total. The lowest BCUT2D eigenvalue weighted by Gasteiger charge is -2.18. The van der Waals surface area contributed by atoms with Crippen molar-refractivity contribution in [1.29, 1.82) is 0 Å². The Hall–Kier alpha value is -4.22. The Morgan fingerprint density at radius 3 is 2.36 bits per heavy atom. The second-order valence-electron chi connectivity index (χ2n) is 7.91. The summed E-state index contributed by atoms with van der Waals surface area (Å²) in [6.45, 7) is -2.50. The van der Waals surface area contributed by atoms with Crippen molar-refractivity contribution in [2.24, 2.45) is 10.7 Å². The Kier molecular flexibility index (Phi) is 6.53. The number of alkyl halides is 4. The molecule has 0 atom stereocenters. The van der Waals surface area contributed by atoms with Gasteiger partial charge in [-0.15, -0.1) is 0 Å². The predicted molar refractivity (Wildman–Crippen MR) is 124 cm³/mol. The summed E-state index contributed by atoms with van der Waals surface area (Å²) >= 11 is 0. The number of nitrogens with two attached hydrogens (primary N) is 1. The summed E-state index contributed by atoms with van der Waals surface area (Å²) in [5, 5.41) is 4.19. The zero-order valence-electron chi connectivity index (χ0n) is 18.8. The van der Waals surface area contributed by atoms with Gasteiger partial charge >= 0.3 is 11.8 Å². The van der Waals surface area contributed by atoms with Gasteiger partial charge in [-0.25, -0.2) is 14.1 Å². The highest BCUT2D eigenvalue weighted by atomic mass is 19.3. The Bertz CT molecular complexity index is 1370. The van der Waals surface area contributed by atoms with E-state index in [-0.39, 0.29) is 28.5 Å². The maximum Gasteiger partial charge on any atom is 0.329 e. The van der Waals surface area contributed by atoms with Crippen molar-refractivity contribution < 1.29 is 26.7 Å². The molecule has 12 heteroatoms. The number of benzene rings is 2. The third-order valence-corrected chi connectivity index (χ3v) is 5.47. The van der Waals surface area contributed by atoms with Crippen LogP contribution in [0.25, 0.3) is 5.69 Å². The van der Waals surface area contributed by atoms with Crippen molar-refractivity contribution in [3.63, 3.8) is 0 Å². The van der Waals surface area contributed by atoms with Crippen LogP contribution in [0.3, 0.4) is 0 Å². The number of halogens is 5. The minimum absolute atomic E-state index is 0.0694. The highest BCUT2D eigenvalue weighted by Gasteiger charge is 2.63. The largest absolute Gasteiger partial charge is 0.491 e. The molecule has 188 valence electrons. The Morgan fingerprint density at radius 1 is 1.11 bits per heavy atom. The molecule has 1 fully saturated rings. The quantitative estimate of drug-likeness (QED) is 0.404. The fourth-order valence-corrected chi connectivity index (χ4v) is 3.63. The molecule has 2 aromatic carbocycles. The van der Waals surface area contributed by atoms with Gasteiger partial charge in [-0.3, -0.25) is 4.79 Å². The van der Waals surface area contributed by atoms with Crippen molar-refractivity contribution >= 4 is 17.1 Å². The summed E-state index contributed by atoms with van der Waals surface area (Å²) in [6.07, 6.45) is 3.63. The standard InChI is InChI=1S/C24H20F5N5O2/c1-36-20-12-34(32-21(22(20)35)18(9-10-30)31-15-5-3-2-4-6-15)19-8-7-16(11-17(19)25)33-13-23(26,27)24(28,29)14-33/h2-12H,13-14,30H2,1H3. The van der Waals surface area contributed by atoms with E-state index in [0.29, 0.717) is 10.6 Å². The second kappa shape index (κ2) is 9.44. The Labute approximate surface area is 201 Å². The van der Waals surface area contributed by atoms with E-state index in [9.17, 15) is 22.4 Å². The molecule has 1 aromatic heterocycles. The molecule has 3 aromatic rings. The van der Waals surface area contributed by atoms with E-state index in [2.05, 4.69) is 10.1 Å². The number of para-hydroxylation sites is 1. The van der Waals surface area contributed by atoms with Crippen LogP contribution in [0, 0.1) is 5.82 Å². The van der Waals surface area contributed by atoms with E-state index >= 15 is 4.39 Å². The van der Waals surface area contributed by atoms with E-state index in [4.69, 9.17) is 10.5 Å². The summed E-state index contributed by atoms with van der Waals surface area (Å²) in [5.74, 6) is -9.62. The summed E-state index contributed by atoms with van der Waals surface area (Å²) < 4.78 is 75.6. The first-order valence-electron chi connectivity index (χ1n) is 10.6. The number of anilines is 1. The van der Waals surface area contributed by atoms with Crippen LogP contribution in [0.15, 0.2) is 76.8 Å². The van der Waals surface area contributed by atoms with Crippen LogP contribution < -0.4 is 20.8 Å². The van der Waals surface area contributed by atoms with Crippen molar-refractivity contribution in [3.8, 4) is 11.4 Å². The van der Waals surface area contributed by atoms with Crippen LogP contribution >= 0.6 is 0 Å². The van der Waals surface area contributed by atoms with Gasteiger partial charge in [-0.1, -0.05) is 18.2 Å². The molecule has 0 aliphatic carbocycles. The van der Waals surface area contributed by atoms with Crippen molar-refractivity contribution in [2.45, 2.75) is 11.8 Å². The molecule has 0 unspecified atom stereocenters. The zero-order valence-corrected chi connectivity index (χ0v) is 18.8. The first kappa shape index (κ1) is 24.9. The van der Waals surface area contributed by atoms with Gasteiger partial charge in [0.2, 0.25) is 0 Å². The molecule has 1 aliphatic rings. The zero-order chi connectivity index (χ0) is 26.1. The molecule has 2 N–H and O–H groups in total. The number of methoxy groups -OCH3 is 1. The van der Waals surface area contributed by atoms with Crippen LogP contribution in [0.4, 0.5) is 33.3 Å². The molecule has 4 rings (SSSR count). The summed E-state index contributed by atoms with van der Waals surface area (Å²) in [7, 11) is 1.24. The average molecular weight is 505 g/mol. The highest BCUT2D eigenvalue weighted by molar-refractivity contribution is 6.08. The number of rotatable bonds is 6. The molecule has 0 bridgehead atoms. The minimum atomic E-state index is -4.24.